The largest absolute Gasteiger partial charge is 0.474 e. The fourth-order valence-electron chi connectivity index (χ4n) is 6.45. The fourth-order valence-corrected chi connectivity index (χ4v) is 6.45. The average Bonchev–Trinajstić information content (AvgIpc) is 3.36. The van der Waals surface area contributed by atoms with Gasteiger partial charge in [0.15, 0.2) is 17.5 Å². The topological polar surface area (TPSA) is 102 Å². The first-order valence-corrected chi connectivity index (χ1v) is 16.0. The molecule has 3 aromatic heterocycles. The van der Waals surface area contributed by atoms with Crippen LogP contribution in [0.1, 0.15) is 70.6 Å². The van der Waals surface area contributed by atoms with Crippen LogP contribution in [0.3, 0.4) is 0 Å². The second kappa shape index (κ2) is 12.9. The molecule has 0 amide bonds. The molecular formula is C34H42FN5O5. The van der Waals surface area contributed by atoms with Crippen LogP contribution < -0.4 is 16.0 Å². The summed E-state index contributed by atoms with van der Waals surface area (Å²) in [6, 6.07) is 9.90. The van der Waals surface area contributed by atoms with Gasteiger partial charge in [-0.2, -0.15) is 0 Å². The molecule has 4 heterocycles. The lowest BCUT2D eigenvalue weighted by atomic mass is 9.70. The van der Waals surface area contributed by atoms with Crippen molar-refractivity contribution in [2.45, 2.75) is 98.2 Å². The van der Waals surface area contributed by atoms with Crippen LogP contribution in [0, 0.1) is 18.2 Å². The van der Waals surface area contributed by atoms with Crippen molar-refractivity contribution in [3.8, 4) is 17.3 Å². The van der Waals surface area contributed by atoms with Gasteiger partial charge < -0.3 is 18.8 Å². The lowest BCUT2D eigenvalue weighted by Gasteiger charge is -2.41. The van der Waals surface area contributed by atoms with Gasteiger partial charge in [0.1, 0.15) is 17.7 Å². The minimum absolute atomic E-state index is 0.138. The zero-order chi connectivity index (χ0) is 31.7. The standard InChI is InChI=1S/C34H42FN5O5/c1-5-38-31-29(32(41)39(33(38)42)16-8-18-44-28-9-6-7-17-43-28)40(21-23-10-12-24(35)13-11-23)30(37-31)26-14-15-27(36-22(26)2)45-25-19-34(3,4)20-25/h10-15,25,28H,5-9,16-21H2,1-4H3. The molecule has 2 fully saturated rings. The smallest absolute Gasteiger partial charge is 0.332 e. The summed E-state index contributed by atoms with van der Waals surface area (Å²) in [4.78, 5) is 37.4. The molecule has 10 nitrogen and oxygen atoms in total. The summed E-state index contributed by atoms with van der Waals surface area (Å²) in [6.07, 6.45) is 5.27. The zero-order valence-corrected chi connectivity index (χ0v) is 26.6. The third kappa shape index (κ3) is 6.60. The number of aryl methyl sites for hydroxylation is 2. The number of rotatable bonds is 11. The highest BCUT2D eigenvalue weighted by Crippen LogP contribution is 2.42. The van der Waals surface area contributed by atoms with E-state index in [4.69, 9.17) is 24.2 Å². The van der Waals surface area contributed by atoms with E-state index in [1.165, 1.54) is 21.3 Å². The van der Waals surface area contributed by atoms with Gasteiger partial charge in [0.2, 0.25) is 5.88 Å². The van der Waals surface area contributed by atoms with E-state index >= 15 is 0 Å². The van der Waals surface area contributed by atoms with Gasteiger partial charge in [-0.25, -0.2) is 19.2 Å². The molecule has 1 saturated heterocycles. The molecular weight excluding hydrogens is 577 g/mol. The number of benzene rings is 1. The maximum atomic E-state index is 14.1. The lowest BCUT2D eigenvalue weighted by Crippen LogP contribution is -2.40. The monoisotopic (exact) mass is 619 g/mol. The molecule has 1 aliphatic carbocycles. The van der Waals surface area contributed by atoms with E-state index in [2.05, 4.69) is 13.8 Å². The first-order valence-electron chi connectivity index (χ1n) is 16.0. The molecule has 1 saturated carbocycles. The number of fused-ring (bicyclic) bond motifs is 1. The van der Waals surface area contributed by atoms with E-state index < -0.39 is 11.2 Å². The van der Waals surface area contributed by atoms with E-state index in [9.17, 15) is 14.0 Å². The fraction of sp³-hybridized carbons (Fsp3) is 0.529. The molecule has 1 atom stereocenters. The second-order valence-electron chi connectivity index (χ2n) is 12.9. The van der Waals surface area contributed by atoms with Gasteiger partial charge in [0.05, 0.1) is 12.3 Å². The molecule has 11 heteroatoms. The van der Waals surface area contributed by atoms with Crippen molar-refractivity contribution in [2.24, 2.45) is 5.41 Å². The molecule has 45 heavy (non-hydrogen) atoms. The number of halogens is 1. The molecule has 0 bridgehead atoms. The Hall–Kier alpha value is -3.83. The van der Waals surface area contributed by atoms with Crippen LogP contribution in [-0.2, 0) is 29.1 Å². The first-order chi connectivity index (χ1) is 21.6. The van der Waals surface area contributed by atoms with Crippen molar-refractivity contribution in [2.75, 3.05) is 13.2 Å². The van der Waals surface area contributed by atoms with E-state index in [0.717, 1.165) is 43.2 Å². The summed E-state index contributed by atoms with van der Waals surface area (Å²) in [5, 5.41) is 0. The van der Waals surface area contributed by atoms with Gasteiger partial charge in [0, 0.05) is 37.9 Å². The van der Waals surface area contributed by atoms with Crippen LogP contribution in [-0.4, -0.2) is 49.3 Å². The number of nitrogens with zero attached hydrogens (tertiary/aromatic N) is 5. The highest BCUT2D eigenvalue weighted by atomic mass is 19.1. The summed E-state index contributed by atoms with van der Waals surface area (Å²) < 4.78 is 36.1. The van der Waals surface area contributed by atoms with E-state index in [1.54, 1.807) is 12.1 Å². The molecule has 1 aliphatic heterocycles. The Morgan fingerprint density at radius 2 is 1.80 bits per heavy atom. The van der Waals surface area contributed by atoms with Gasteiger partial charge in [-0.15, -0.1) is 0 Å². The third-order valence-corrected chi connectivity index (χ3v) is 8.80. The molecule has 4 aromatic rings. The number of pyridine rings is 1. The van der Waals surface area contributed by atoms with E-state index in [1.807, 2.05) is 30.5 Å². The minimum Gasteiger partial charge on any atom is -0.474 e. The van der Waals surface area contributed by atoms with Gasteiger partial charge in [0.25, 0.3) is 5.56 Å². The lowest BCUT2D eigenvalue weighted by molar-refractivity contribution is -0.163. The van der Waals surface area contributed by atoms with Crippen LogP contribution in [0.5, 0.6) is 5.88 Å². The van der Waals surface area contributed by atoms with Gasteiger partial charge in [-0.3, -0.25) is 13.9 Å². The predicted molar refractivity (Wildman–Crippen MR) is 169 cm³/mol. The Labute approximate surface area is 261 Å². The normalized spacial score (nSPS) is 18.3. The Morgan fingerprint density at radius 3 is 2.47 bits per heavy atom. The van der Waals surface area contributed by atoms with Crippen LogP contribution in [0.4, 0.5) is 4.39 Å². The summed E-state index contributed by atoms with van der Waals surface area (Å²) in [6.45, 7) is 10.0. The number of ether oxygens (including phenoxy) is 3. The van der Waals surface area contributed by atoms with Crippen molar-refractivity contribution in [1.82, 2.24) is 23.7 Å². The van der Waals surface area contributed by atoms with Gasteiger partial charge in [-0.1, -0.05) is 26.0 Å². The Balaban J connectivity index is 1.38. The second-order valence-corrected chi connectivity index (χ2v) is 12.9. The van der Waals surface area contributed by atoms with Crippen LogP contribution in [0.15, 0.2) is 46.0 Å². The Kier molecular flexibility index (Phi) is 8.92. The molecule has 1 unspecified atom stereocenters. The zero-order valence-electron chi connectivity index (χ0n) is 26.6. The summed E-state index contributed by atoms with van der Waals surface area (Å²) in [5.74, 6) is 0.708. The number of hydrogen-bond acceptors (Lipinski definition) is 7. The van der Waals surface area contributed by atoms with Crippen molar-refractivity contribution in [3.05, 3.63) is 74.3 Å². The SMILES string of the molecule is CCn1c(=O)n(CCCOC2CCCCO2)c(=O)c2c1nc(-c1ccc(OC3CC(C)(C)C3)nc1C)n2Cc1ccc(F)cc1. The highest BCUT2D eigenvalue weighted by Gasteiger charge is 2.38. The van der Waals surface area contributed by atoms with Crippen LogP contribution >= 0.6 is 0 Å². The molecule has 0 N–H and O–H groups in total. The van der Waals surface area contributed by atoms with Crippen LogP contribution in [0.2, 0.25) is 0 Å². The van der Waals surface area contributed by atoms with Crippen molar-refractivity contribution in [3.63, 3.8) is 0 Å². The Bertz CT molecular complexity index is 1780. The van der Waals surface area contributed by atoms with Gasteiger partial charge in [-0.05, 0) is 81.5 Å². The molecule has 240 valence electrons. The van der Waals surface area contributed by atoms with Crippen LogP contribution in [0.25, 0.3) is 22.6 Å². The van der Waals surface area contributed by atoms with E-state index in [0.29, 0.717) is 54.7 Å². The quantitative estimate of drug-likeness (QED) is 0.206. The molecule has 0 radical (unpaired) electrons. The molecule has 6 rings (SSSR count). The summed E-state index contributed by atoms with van der Waals surface area (Å²) >= 11 is 0. The van der Waals surface area contributed by atoms with Crippen molar-refractivity contribution in [1.29, 1.82) is 0 Å². The highest BCUT2D eigenvalue weighted by molar-refractivity contribution is 5.78. The number of aromatic nitrogens is 5. The van der Waals surface area contributed by atoms with Crippen molar-refractivity contribution >= 4 is 11.2 Å². The third-order valence-electron chi connectivity index (χ3n) is 8.80. The van der Waals surface area contributed by atoms with Gasteiger partial charge >= 0.3 is 5.69 Å². The Morgan fingerprint density at radius 1 is 1.02 bits per heavy atom. The molecule has 1 aromatic carbocycles. The van der Waals surface area contributed by atoms with E-state index in [-0.39, 0.29) is 36.7 Å². The molecule has 2 aliphatic rings. The van der Waals surface area contributed by atoms with Crippen molar-refractivity contribution < 1.29 is 18.6 Å². The first kappa shape index (κ1) is 31.2. The summed E-state index contributed by atoms with van der Waals surface area (Å²) in [7, 11) is 0. The summed E-state index contributed by atoms with van der Waals surface area (Å²) in [5.41, 5.74) is 2.26. The predicted octanol–water partition coefficient (Wildman–Crippen LogP) is 5.44. The number of hydrogen-bond donors (Lipinski definition) is 0. The average molecular weight is 620 g/mol. The number of imidazole rings is 1. The molecule has 0 spiro atoms. The maximum Gasteiger partial charge on any atom is 0.332 e. The minimum atomic E-state index is -0.423. The maximum absolute atomic E-state index is 14.1.